The Morgan fingerprint density at radius 2 is 1.86 bits per heavy atom. The second kappa shape index (κ2) is 8.13. The first kappa shape index (κ1) is 20.5. The number of rotatable bonds is 4. The molecule has 1 saturated heterocycles. The van der Waals surface area contributed by atoms with Crippen LogP contribution in [0.3, 0.4) is 0 Å². The molecule has 0 bridgehead atoms. The van der Waals surface area contributed by atoms with Crippen LogP contribution in [0.2, 0.25) is 10.0 Å². The van der Waals surface area contributed by atoms with Crippen LogP contribution < -0.4 is 0 Å². The highest BCUT2D eigenvalue weighted by Gasteiger charge is 2.27. The van der Waals surface area contributed by atoms with Crippen molar-refractivity contribution in [1.29, 1.82) is 0 Å². The van der Waals surface area contributed by atoms with Crippen LogP contribution in [0.15, 0.2) is 45.5 Å². The number of phenolic OH excluding ortho intramolecular Hbond substituents is 1. The Kier molecular flexibility index (Phi) is 5.74. The highest BCUT2D eigenvalue weighted by Crippen LogP contribution is 2.40. The minimum absolute atomic E-state index is 0.0174. The van der Waals surface area contributed by atoms with Crippen LogP contribution in [0.4, 0.5) is 10.7 Å². The zero-order valence-electron chi connectivity index (χ0n) is 14.7. The van der Waals surface area contributed by atoms with Crippen molar-refractivity contribution in [2.75, 3.05) is 26.3 Å². The Labute approximate surface area is 180 Å². The predicted molar refractivity (Wildman–Crippen MR) is 112 cm³/mol. The molecule has 1 fully saturated rings. The van der Waals surface area contributed by atoms with Crippen LogP contribution in [-0.4, -0.2) is 48.5 Å². The number of hydrogen-bond donors (Lipinski definition) is 1. The third-order valence-electron chi connectivity index (χ3n) is 4.33. The van der Waals surface area contributed by atoms with E-state index >= 15 is 0 Å². The van der Waals surface area contributed by atoms with Crippen LogP contribution in [-0.2, 0) is 14.8 Å². The SMILES string of the molecule is O=S(=O)(c1ccc2nsc(N=Nc3ccc(O)c(Cl)c3Cl)c2c1)N1CCOCC1. The van der Waals surface area contributed by atoms with Crippen LogP contribution in [0.25, 0.3) is 10.9 Å². The molecule has 0 radical (unpaired) electrons. The monoisotopic (exact) mass is 472 g/mol. The van der Waals surface area contributed by atoms with E-state index in [4.69, 9.17) is 27.9 Å². The number of azo groups is 1. The second-order valence-electron chi connectivity index (χ2n) is 6.11. The Morgan fingerprint density at radius 3 is 2.62 bits per heavy atom. The van der Waals surface area contributed by atoms with Crippen molar-refractivity contribution in [3.8, 4) is 5.75 Å². The zero-order chi connectivity index (χ0) is 20.6. The van der Waals surface area contributed by atoms with Crippen LogP contribution in [0.1, 0.15) is 0 Å². The van der Waals surface area contributed by atoms with Gasteiger partial charge in [0.25, 0.3) is 0 Å². The Balaban J connectivity index is 1.70. The number of morpholine rings is 1. The Bertz CT molecular complexity index is 1210. The molecule has 1 N–H and O–H groups in total. The molecule has 0 unspecified atom stereocenters. The molecule has 29 heavy (non-hydrogen) atoms. The quantitative estimate of drug-likeness (QED) is 0.551. The fourth-order valence-corrected chi connectivity index (χ4v) is 5.26. The molecular weight excluding hydrogens is 459 g/mol. The lowest BCUT2D eigenvalue weighted by atomic mass is 10.2. The van der Waals surface area contributed by atoms with Gasteiger partial charge in [-0.25, -0.2) is 8.42 Å². The van der Waals surface area contributed by atoms with Gasteiger partial charge in [-0.3, -0.25) is 0 Å². The first-order valence-corrected chi connectivity index (χ1v) is 11.4. The van der Waals surface area contributed by atoms with E-state index in [0.717, 1.165) is 11.5 Å². The van der Waals surface area contributed by atoms with Gasteiger partial charge in [-0.05, 0) is 41.9 Å². The van der Waals surface area contributed by atoms with Crippen molar-refractivity contribution < 1.29 is 18.3 Å². The van der Waals surface area contributed by atoms with Gasteiger partial charge >= 0.3 is 0 Å². The minimum atomic E-state index is -3.64. The van der Waals surface area contributed by atoms with Gasteiger partial charge in [-0.2, -0.15) is 8.68 Å². The summed E-state index contributed by atoms with van der Waals surface area (Å²) in [6.07, 6.45) is 0. The fraction of sp³-hybridized carbons (Fsp3) is 0.235. The van der Waals surface area contributed by atoms with Crippen LogP contribution >= 0.6 is 34.7 Å². The number of aromatic nitrogens is 1. The van der Waals surface area contributed by atoms with E-state index in [1.165, 1.54) is 22.5 Å². The lowest BCUT2D eigenvalue weighted by Gasteiger charge is -2.26. The van der Waals surface area contributed by atoms with Gasteiger partial charge in [-0.15, -0.1) is 10.2 Å². The van der Waals surface area contributed by atoms with Crippen LogP contribution in [0.5, 0.6) is 5.75 Å². The maximum absolute atomic E-state index is 12.9. The van der Waals surface area contributed by atoms with Gasteiger partial charge in [0.15, 0.2) is 5.00 Å². The van der Waals surface area contributed by atoms with Crippen molar-refractivity contribution in [2.45, 2.75) is 4.90 Å². The van der Waals surface area contributed by atoms with Gasteiger partial charge in [0, 0.05) is 18.5 Å². The fourth-order valence-electron chi connectivity index (χ4n) is 2.78. The average molecular weight is 473 g/mol. The molecule has 1 aliphatic rings. The topological polar surface area (TPSA) is 104 Å². The van der Waals surface area contributed by atoms with E-state index in [-0.39, 0.29) is 26.4 Å². The van der Waals surface area contributed by atoms with Crippen molar-refractivity contribution in [1.82, 2.24) is 8.68 Å². The van der Waals surface area contributed by atoms with Gasteiger partial charge in [0.1, 0.15) is 16.5 Å². The molecule has 0 atom stereocenters. The van der Waals surface area contributed by atoms with Gasteiger partial charge < -0.3 is 9.84 Å². The van der Waals surface area contributed by atoms with Gasteiger partial charge in [-0.1, -0.05) is 23.2 Å². The molecule has 152 valence electrons. The highest BCUT2D eigenvalue weighted by molar-refractivity contribution is 7.89. The lowest BCUT2D eigenvalue weighted by molar-refractivity contribution is 0.0730. The molecular formula is C17H14Cl2N4O4S2. The summed E-state index contributed by atoms with van der Waals surface area (Å²) >= 11 is 13.1. The number of halogens is 2. The summed E-state index contributed by atoms with van der Waals surface area (Å²) in [7, 11) is -3.64. The normalized spacial score (nSPS) is 16.1. The second-order valence-corrected chi connectivity index (χ2v) is 9.56. The van der Waals surface area contributed by atoms with Crippen molar-refractivity contribution in [3.63, 3.8) is 0 Å². The number of hydrogen-bond acceptors (Lipinski definition) is 8. The van der Waals surface area contributed by atoms with E-state index < -0.39 is 10.0 Å². The van der Waals surface area contributed by atoms with E-state index in [9.17, 15) is 13.5 Å². The molecule has 0 amide bonds. The highest BCUT2D eigenvalue weighted by atomic mass is 35.5. The molecule has 0 aliphatic carbocycles. The zero-order valence-corrected chi connectivity index (χ0v) is 17.9. The number of fused-ring (bicyclic) bond motifs is 1. The summed E-state index contributed by atoms with van der Waals surface area (Å²) < 4.78 is 36.7. The van der Waals surface area contributed by atoms with Crippen LogP contribution in [0, 0.1) is 0 Å². The van der Waals surface area contributed by atoms with E-state index in [0.29, 0.717) is 42.2 Å². The molecule has 2 aromatic carbocycles. The first-order valence-electron chi connectivity index (χ1n) is 8.44. The summed E-state index contributed by atoms with van der Waals surface area (Å²) in [6.45, 7) is 1.37. The van der Waals surface area contributed by atoms with Gasteiger partial charge in [0.05, 0.1) is 28.6 Å². The largest absolute Gasteiger partial charge is 0.506 e. The number of aromatic hydroxyl groups is 1. The van der Waals surface area contributed by atoms with Gasteiger partial charge in [0.2, 0.25) is 10.0 Å². The molecule has 4 rings (SSSR count). The number of ether oxygens (including phenoxy) is 1. The maximum Gasteiger partial charge on any atom is 0.243 e. The number of phenols is 1. The number of nitrogens with zero attached hydrogens (tertiary/aromatic N) is 4. The molecule has 0 saturated carbocycles. The van der Waals surface area contributed by atoms with Crippen molar-refractivity contribution in [2.24, 2.45) is 10.2 Å². The molecule has 1 aromatic heterocycles. The number of benzene rings is 2. The maximum atomic E-state index is 12.9. The third-order valence-corrected chi connectivity index (χ3v) is 7.85. The predicted octanol–water partition coefficient (Wildman–Crippen LogP) is 4.75. The van der Waals surface area contributed by atoms with E-state index in [1.807, 2.05) is 0 Å². The lowest BCUT2D eigenvalue weighted by Crippen LogP contribution is -2.40. The average Bonchev–Trinajstić information content (AvgIpc) is 3.14. The summed E-state index contributed by atoms with van der Waals surface area (Å²) in [5.74, 6) is -0.156. The van der Waals surface area contributed by atoms with Crippen molar-refractivity contribution in [3.05, 3.63) is 40.4 Å². The minimum Gasteiger partial charge on any atom is -0.506 e. The molecule has 0 spiro atoms. The Morgan fingerprint density at radius 1 is 1.10 bits per heavy atom. The first-order chi connectivity index (χ1) is 13.9. The molecule has 3 aromatic rings. The summed E-state index contributed by atoms with van der Waals surface area (Å²) in [6, 6.07) is 7.56. The van der Waals surface area contributed by atoms with E-state index in [2.05, 4.69) is 14.6 Å². The molecule has 8 nitrogen and oxygen atoms in total. The standard InChI is InChI=1S/C17H14Cl2N4O4S2/c18-15-13(3-4-14(24)16(15)19)20-21-17-11-9-10(1-2-12(11)22-28-17)29(25,26)23-5-7-27-8-6-23/h1-4,9,24H,5-8H2. The van der Waals surface area contributed by atoms with E-state index in [1.54, 1.807) is 12.1 Å². The number of sulfonamides is 1. The summed E-state index contributed by atoms with van der Waals surface area (Å²) in [5.41, 5.74) is 0.882. The summed E-state index contributed by atoms with van der Waals surface area (Å²) in [5, 5.41) is 18.8. The molecule has 2 heterocycles. The third kappa shape index (κ3) is 3.96. The smallest absolute Gasteiger partial charge is 0.243 e. The molecule has 12 heteroatoms. The summed E-state index contributed by atoms with van der Waals surface area (Å²) in [4.78, 5) is 0.161. The molecule has 1 aliphatic heterocycles. The Hall–Kier alpha value is -1.82. The van der Waals surface area contributed by atoms with Crippen molar-refractivity contribution >= 4 is 66.3 Å².